The van der Waals surface area contributed by atoms with E-state index in [0.717, 1.165) is 41.5 Å². The van der Waals surface area contributed by atoms with E-state index < -0.39 is 0 Å². The molecule has 0 unspecified atom stereocenters. The van der Waals surface area contributed by atoms with Crippen LogP contribution in [0.4, 0.5) is 5.69 Å². The second kappa shape index (κ2) is 5.15. The van der Waals surface area contributed by atoms with E-state index in [4.69, 9.17) is 10.5 Å². The Labute approximate surface area is 118 Å². The number of hydrogen-bond acceptors (Lipinski definition) is 4. The average Bonchev–Trinajstić information content (AvgIpc) is 2.81. The van der Waals surface area contributed by atoms with Crippen LogP contribution in [-0.4, -0.2) is 14.8 Å². The van der Waals surface area contributed by atoms with Crippen molar-refractivity contribution in [2.75, 3.05) is 5.73 Å². The molecule has 5 heteroatoms. The lowest BCUT2D eigenvalue weighted by molar-refractivity contribution is 0.286. The zero-order chi connectivity index (χ0) is 14.1. The fourth-order valence-corrected chi connectivity index (χ4v) is 2.80. The van der Waals surface area contributed by atoms with Gasteiger partial charge in [0.1, 0.15) is 18.2 Å². The maximum Gasteiger partial charge on any atom is 0.171 e. The molecule has 106 valence electrons. The molecule has 2 N–H and O–H groups in total. The van der Waals surface area contributed by atoms with Crippen LogP contribution in [0, 0.1) is 13.8 Å². The first-order valence-corrected chi connectivity index (χ1v) is 7.05. The summed E-state index contributed by atoms with van der Waals surface area (Å²) in [5.74, 6) is 2.71. The summed E-state index contributed by atoms with van der Waals surface area (Å²) in [5, 5.41) is 8.47. The molecule has 0 spiro atoms. The molecule has 0 saturated heterocycles. The van der Waals surface area contributed by atoms with E-state index in [2.05, 4.69) is 20.8 Å². The Bertz CT molecular complexity index is 610. The summed E-state index contributed by atoms with van der Waals surface area (Å²) in [6.07, 6.45) is 3.39. The van der Waals surface area contributed by atoms with Crippen molar-refractivity contribution in [1.29, 1.82) is 0 Å². The van der Waals surface area contributed by atoms with E-state index in [-0.39, 0.29) is 0 Å². The molecule has 1 aliphatic heterocycles. The normalized spacial score (nSPS) is 14.1. The summed E-state index contributed by atoms with van der Waals surface area (Å²) < 4.78 is 8.05. The van der Waals surface area contributed by atoms with Gasteiger partial charge in [-0.05, 0) is 43.9 Å². The van der Waals surface area contributed by atoms with E-state index >= 15 is 0 Å². The number of anilines is 1. The smallest absolute Gasteiger partial charge is 0.171 e. The number of benzene rings is 1. The van der Waals surface area contributed by atoms with Gasteiger partial charge in [0.05, 0.1) is 5.69 Å². The third-order valence-electron chi connectivity index (χ3n) is 3.73. The quantitative estimate of drug-likeness (QED) is 0.871. The molecule has 20 heavy (non-hydrogen) atoms. The average molecular weight is 272 g/mol. The summed E-state index contributed by atoms with van der Waals surface area (Å²) >= 11 is 0. The highest BCUT2D eigenvalue weighted by Gasteiger charge is 2.16. The molecular weight excluding hydrogens is 252 g/mol. The monoisotopic (exact) mass is 272 g/mol. The van der Waals surface area contributed by atoms with Gasteiger partial charge in [-0.2, -0.15) is 0 Å². The number of nitrogens with two attached hydrogens (primary N) is 1. The Kier molecular flexibility index (Phi) is 3.34. The molecule has 0 fully saturated rings. The number of nitrogen functional groups attached to an aromatic ring is 1. The zero-order valence-electron chi connectivity index (χ0n) is 12.0. The Hall–Kier alpha value is -2.04. The number of rotatable bonds is 3. The number of ether oxygens (including phenoxy) is 1. The van der Waals surface area contributed by atoms with Crippen LogP contribution in [-0.2, 0) is 19.6 Å². The molecule has 5 nitrogen and oxygen atoms in total. The maximum absolute atomic E-state index is 6.03. The molecule has 0 amide bonds. The molecule has 1 aliphatic rings. The van der Waals surface area contributed by atoms with Gasteiger partial charge in [0.15, 0.2) is 5.82 Å². The second-order valence-corrected chi connectivity index (χ2v) is 5.43. The predicted molar refractivity (Wildman–Crippen MR) is 77.6 cm³/mol. The molecule has 0 saturated carbocycles. The van der Waals surface area contributed by atoms with Gasteiger partial charge in [-0.15, -0.1) is 10.2 Å². The first kappa shape index (κ1) is 13.0. The minimum absolute atomic E-state index is 0.418. The molecule has 0 aliphatic carbocycles. The van der Waals surface area contributed by atoms with Gasteiger partial charge < -0.3 is 15.0 Å². The standard InChI is InChI=1S/C15H20N4O/c1-10-7-11(2)15(12(16)8-10)20-9-14-18-17-13-5-3-4-6-19(13)14/h7-8H,3-6,9,16H2,1-2H3. The Morgan fingerprint density at radius 2 is 2.10 bits per heavy atom. The predicted octanol–water partition coefficient (Wildman–Crippen LogP) is 2.39. The van der Waals surface area contributed by atoms with E-state index in [1.54, 1.807) is 0 Å². The van der Waals surface area contributed by atoms with Gasteiger partial charge >= 0.3 is 0 Å². The Balaban J connectivity index is 1.79. The number of fused-ring (bicyclic) bond motifs is 1. The molecular formula is C15H20N4O. The van der Waals surface area contributed by atoms with Gasteiger partial charge in [-0.3, -0.25) is 0 Å². The lowest BCUT2D eigenvalue weighted by Gasteiger charge is -2.16. The van der Waals surface area contributed by atoms with Crippen LogP contribution >= 0.6 is 0 Å². The number of aromatic nitrogens is 3. The lowest BCUT2D eigenvalue weighted by atomic mass is 10.1. The minimum atomic E-state index is 0.418. The molecule has 1 aromatic carbocycles. The van der Waals surface area contributed by atoms with Gasteiger partial charge in [-0.1, -0.05) is 6.07 Å². The number of nitrogens with zero attached hydrogens (tertiary/aromatic N) is 3. The highest BCUT2D eigenvalue weighted by molar-refractivity contribution is 5.58. The summed E-state index contributed by atoms with van der Waals surface area (Å²) in [4.78, 5) is 0. The lowest BCUT2D eigenvalue weighted by Crippen LogP contribution is -2.14. The van der Waals surface area contributed by atoms with Crippen molar-refractivity contribution >= 4 is 5.69 Å². The molecule has 1 aromatic heterocycles. The Morgan fingerprint density at radius 1 is 1.25 bits per heavy atom. The van der Waals surface area contributed by atoms with Crippen LogP contribution in [0.2, 0.25) is 0 Å². The zero-order valence-corrected chi connectivity index (χ0v) is 12.0. The number of aryl methyl sites for hydroxylation is 3. The third-order valence-corrected chi connectivity index (χ3v) is 3.73. The van der Waals surface area contributed by atoms with Crippen LogP contribution in [0.25, 0.3) is 0 Å². The fraction of sp³-hybridized carbons (Fsp3) is 0.467. The first-order chi connectivity index (χ1) is 9.65. The highest BCUT2D eigenvalue weighted by atomic mass is 16.5. The van der Waals surface area contributed by atoms with Crippen LogP contribution in [0.3, 0.4) is 0 Å². The van der Waals surface area contributed by atoms with E-state index in [1.165, 1.54) is 12.8 Å². The molecule has 0 bridgehead atoms. The Morgan fingerprint density at radius 3 is 2.90 bits per heavy atom. The fourth-order valence-electron chi connectivity index (χ4n) is 2.80. The van der Waals surface area contributed by atoms with Crippen molar-refractivity contribution in [2.45, 2.75) is 46.3 Å². The van der Waals surface area contributed by atoms with Gasteiger partial charge in [0.25, 0.3) is 0 Å². The van der Waals surface area contributed by atoms with Crippen molar-refractivity contribution in [3.63, 3.8) is 0 Å². The summed E-state index contributed by atoms with van der Waals surface area (Å²) in [6.45, 7) is 5.45. The van der Waals surface area contributed by atoms with Gasteiger partial charge in [0.2, 0.25) is 0 Å². The summed E-state index contributed by atoms with van der Waals surface area (Å²) in [7, 11) is 0. The number of hydrogen-bond donors (Lipinski definition) is 1. The van der Waals surface area contributed by atoms with Gasteiger partial charge in [-0.25, -0.2) is 0 Å². The van der Waals surface area contributed by atoms with Crippen molar-refractivity contribution in [3.05, 3.63) is 34.9 Å². The molecule has 2 heterocycles. The van der Waals surface area contributed by atoms with Crippen molar-refractivity contribution in [1.82, 2.24) is 14.8 Å². The molecule has 0 atom stereocenters. The third kappa shape index (κ3) is 2.35. The molecule has 2 aromatic rings. The summed E-state index contributed by atoms with van der Waals surface area (Å²) in [6, 6.07) is 4.01. The van der Waals surface area contributed by atoms with E-state index in [1.807, 2.05) is 19.9 Å². The first-order valence-electron chi connectivity index (χ1n) is 7.05. The van der Waals surface area contributed by atoms with Crippen LogP contribution in [0.1, 0.15) is 35.6 Å². The van der Waals surface area contributed by atoms with E-state index in [9.17, 15) is 0 Å². The second-order valence-electron chi connectivity index (χ2n) is 5.43. The molecule has 3 rings (SSSR count). The van der Waals surface area contributed by atoms with Crippen LogP contribution in [0.5, 0.6) is 5.75 Å². The van der Waals surface area contributed by atoms with Crippen molar-refractivity contribution in [3.8, 4) is 5.75 Å². The van der Waals surface area contributed by atoms with E-state index in [0.29, 0.717) is 12.3 Å². The highest BCUT2D eigenvalue weighted by Crippen LogP contribution is 2.28. The molecule has 0 radical (unpaired) electrons. The van der Waals surface area contributed by atoms with Crippen molar-refractivity contribution in [2.24, 2.45) is 0 Å². The summed E-state index contributed by atoms with van der Waals surface area (Å²) in [5.41, 5.74) is 8.91. The maximum atomic E-state index is 6.03. The largest absolute Gasteiger partial charge is 0.483 e. The van der Waals surface area contributed by atoms with Crippen LogP contribution in [0.15, 0.2) is 12.1 Å². The minimum Gasteiger partial charge on any atom is -0.483 e. The topological polar surface area (TPSA) is 66.0 Å². The SMILES string of the molecule is Cc1cc(C)c(OCc2nnc3n2CCCC3)c(N)c1. The van der Waals surface area contributed by atoms with Gasteiger partial charge in [0, 0.05) is 13.0 Å². The van der Waals surface area contributed by atoms with Crippen LogP contribution < -0.4 is 10.5 Å². The van der Waals surface area contributed by atoms with Crippen molar-refractivity contribution < 1.29 is 4.74 Å².